The third-order valence-electron chi connectivity index (χ3n) is 2.85. The van der Waals surface area contributed by atoms with Gasteiger partial charge < -0.3 is 0 Å². The molecule has 1 N–H and O–H groups in total. The van der Waals surface area contributed by atoms with Crippen LogP contribution in [0.2, 0.25) is 0 Å². The monoisotopic (exact) mass is 317 g/mol. The molecule has 2 aromatic rings. The number of nitrogens with zero attached hydrogens (tertiary/aromatic N) is 2. The molecule has 2 rings (SSSR count). The minimum Gasteiger partial charge on any atom is -0.270 e. The van der Waals surface area contributed by atoms with E-state index in [-0.39, 0.29) is 17.0 Å². The third-order valence-corrected chi connectivity index (χ3v) is 3.88. The van der Waals surface area contributed by atoms with Gasteiger partial charge in [0.2, 0.25) is 0 Å². The summed E-state index contributed by atoms with van der Waals surface area (Å²) >= 11 is 1.11. The lowest BCUT2D eigenvalue weighted by molar-refractivity contribution is -0.138. The van der Waals surface area contributed by atoms with E-state index in [2.05, 4.69) is 10.2 Å². The van der Waals surface area contributed by atoms with Crippen molar-refractivity contribution in [2.75, 3.05) is 0 Å². The number of halogens is 3. The van der Waals surface area contributed by atoms with E-state index in [1.54, 1.807) is 6.07 Å². The molecular weight excluding hydrogens is 303 g/mol. The Hall–Kier alpha value is -1.70. The zero-order chi connectivity index (χ0) is 15.5. The number of thioether (sulfide) groups is 1. The molecule has 0 unspecified atom stereocenters. The van der Waals surface area contributed by atoms with Crippen LogP contribution >= 0.6 is 11.8 Å². The SMILES string of the molecule is CCCn1c(SCc2ccccc2C(F)(F)F)n[nH]c1=O. The van der Waals surface area contributed by atoms with Crippen molar-refractivity contribution < 1.29 is 13.2 Å². The zero-order valence-corrected chi connectivity index (χ0v) is 12.1. The van der Waals surface area contributed by atoms with Crippen molar-refractivity contribution in [1.29, 1.82) is 0 Å². The van der Waals surface area contributed by atoms with E-state index in [1.807, 2.05) is 6.92 Å². The number of alkyl halides is 3. The number of hydrogen-bond donors (Lipinski definition) is 1. The second-order valence-electron chi connectivity index (χ2n) is 4.41. The second-order valence-corrected chi connectivity index (χ2v) is 5.35. The Kier molecular flexibility index (Phi) is 4.76. The van der Waals surface area contributed by atoms with E-state index >= 15 is 0 Å². The van der Waals surface area contributed by atoms with E-state index in [1.165, 1.54) is 16.7 Å². The van der Waals surface area contributed by atoms with Crippen LogP contribution in [0.5, 0.6) is 0 Å². The molecule has 0 bridgehead atoms. The van der Waals surface area contributed by atoms with Gasteiger partial charge in [0, 0.05) is 12.3 Å². The molecule has 1 heterocycles. The molecule has 0 amide bonds. The molecule has 0 saturated heterocycles. The summed E-state index contributed by atoms with van der Waals surface area (Å²) in [7, 11) is 0. The second kappa shape index (κ2) is 6.38. The highest BCUT2D eigenvalue weighted by Gasteiger charge is 2.32. The summed E-state index contributed by atoms with van der Waals surface area (Å²) in [6, 6.07) is 5.41. The van der Waals surface area contributed by atoms with E-state index in [0.29, 0.717) is 11.7 Å². The smallest absolute Gasteiger partial charge is 0.270 e. The number of rotatable bonds is 5. The maximum atomic E-state index is 12.9. The van der Waals surface area contributed by atoms with Crippen LogP contribution in [0.25, 0.3) is 0 Å². The molecule has 1 aromatic heterocycles. The Balaban J connectivity index is 2.20. The van der Waals surface area contributed by atoms with E-state index < -0.39 is 11.7 Å². The average molecular weight is 317 g/mol. The van der Waals surface area contributed by atoms with Gasteiger partial charge in [-0.2, -0.15) is 13.2 Å². The van der Waals surface area contributed by atoms with Crippen LogP contribution < -0.4 is 5.69 Å². The zero-order valence-electron chi connectivity index (χ0n) is 11.3. The average Bonchev–Trinajstić information content (AvgIpc) is 2.78. The van der Waals surface area contributed by atoms with E-state index in [4.69, 9.17) is 0 Å². The maximum Gasteiger partial charge on any atom is 0.416 e. The van der Waals surface area contributed by atoms with Crippen molar-refractivity contribution in [3.63, 3.8) is 0 Å². The first-order valence-electron chi connectivity index (χ1n) is 6.36. The van der Waals surface area contributed by atoms with Gasteiger partial charge in [-0.25, -0.2) is 9.89 Å². The summed E-state index contributed by atoms with van der Waals surface area (Å²) in [6.07, 6.45) is -3.64. The van der Waals surface area contributed by atoms with Crippen molar-refractivity contribution in [3.8, 4) is 0 Å². The number of aromatic nitrogens is 3. The maximum absolute atomic E-state index is 12.9. The highest BCUT2D eigenvalue weighted by molar-refractivity contribution is 7.98. The van der Waals surface area contributed by atoms with Gasteiger partial charge in [-0.15, -0.1) is 5.10 Å². The fraction of sp³-hybridized carbons (Fsp3) is 0.385. The van der Waals surface area contributed by atoms with Gasteiger partial charge >= 0.3 is 11.9 Å². The number of H-pyrrole nitrogens is 1. The van der Waals surface area contributed by atoms with Crippen LogP contribution in [0.3, 0.4) is 0 Å². The molecule has 0 aliphatic rings. The molecular formula is C13H14F3N3OS. The molecule has 0 saturated carbocycles. The van der Waals surface area contributed by atoms with Crippen LogP contribution in [-0.4, -0.2) is 14.8 Å². The van der Waals surface area contributed by atoms with Crippen LogP contribution in [0.1, 0.15) is 24.5 Å². The summed E-state index contributed by atoms with van der Waals surface area (Å²) in [4.78, 5) is 11.5. The quantitative estimate of drug-likeness (QED) is 0.861. The van der Waals surface area contributed by atoms with Crippen molar-refractivity contribution in [2.24, 2.45) is 0 Å². The first-order valence-corrected chi connectivity index (χ1v) is 7.35. The minimum atomic E-state index is -4.38. The lowest BCUT2D eigenvalue weighted by Crippen LogP contribution is -2.17. The van der Waals surface area contributed by atoms with E-state index in [0.717, 1.165) is 24.2 Å². The van der Waals surface area contributed by atoms with Gasteiger partial charge in [0.15, 0.2) is 5.16 Å². The van der Waals surface area contributed by atoms with Crippen molar-refractivity contribution in [3.05, 3.63) is 45.9 Å². The first-order chi connectivity index (χ1) is 9.93. The normalized spacial score (nSPS) is 11.8. The molecule has 8 heteroatoms. The molecule has 0 aliphatic heterocycles. The summed E-state index contributed by atoms with van der Waals surface area (Å²) in [5, 5.41) is 6.57. The molecule has 0 atom stereocenters. The number of benzene rings is 1. The lowest BCUT2D eigenvalue weighted by atomic mass is 10.1. The Morgan fingerprint density at radius 3 is 2.71 bits per heavy atom. The fourth-order valence-corrected chi connectivity index (χ4v) is 2.88. The van der Waals surface area contributed by atoms with Gasteiger partial charge in [0.25, 0.3) is 0 Å². The highest BCUT2D eigenvalue weighted by Crippen LogP contribution is 2.34. The Morgan fingerprint density at radius 2 is 2.05 bits per heavy atom. The molecule has 1 aromatic carbocycles. The van der Waals surface area contributed by atoms with Crippen LogP contribution in [0, 0.1) is 0 Å². The fourth-order valence-electron chi connectivity index (χ4n) is 1.90. The number of hydrogen-bond acceptors (Lipinski definition) is 3. The summed E-state index contributed by atoms with van der Waals surface area (Å²) in [5.74, 6) is 0.101. The van der Waals surface area contributed by atoms with Gasteiger partial charge in [-0.3, -0.25) is 4.57 Å². The van der Waals surface area contributed by atoms with E-state index in [9.17, 15) is 18.0 Å². The standard InChI is InChI=1S/C13H14F3N3OS/c1-2-7-19-11(20)17-18-12(19)21-8-9-5-3-4-6-10(9)13(14,15)16/h3-6H,2,7-8H2,1H3,(H,17,20). The summed E-state index contributed by atoms with van der Waals surface area (Å²) in [6.45, 7) is 2.39. The minimum absolute atomic E-state index is 0.101. The van der Waals surface area contributed by atoms with Gasteiger partial charge in [0.05, 0.1) is 5.56 Å². The molecule has 114 valence electrons. The summed E-state index contributed by atoms with van der Waals surface area (Å²) < 4.78 is 40.1. The molecule has 0 spiro atoms. The molecule has 0 fully saturated rings. The summed E-state index contributed by atoms with van der Waals surface area (Å²) in [5.41, 5.74) is -0.825. The van der Waals surface area contributed by atoms with Gasteiger partial charge in [0.1, 0.15) is 0 Å². The molecule has 0 aliphatic carbocycles. The number of nitrogens with one attached hydrogen (secondary N) is 1. The number of aromatic amines is 1. The predicted molar refractivity (Wildman–Crippen MR) is 74.1 cm³/mol. The molecule has 4 nitrogen and oxygen atoms in total. The Morgan fingerprint density at radius 1 is 1.33 bits per heavy atom. The van der Waals surface area contributed by atoms with Crippen molar-refractivity contribution in [2.45, 2.75) is 37.0 Å². The van der Waals surface area contributed by atoms with Crippen LogP contribution in [0.4, 0.5) is 13.2 Å². The third kappa shape index (κ3) is 3.69. The molecule has 21 heavy (non-hydrogen) atoms. The Labute approximate surface area is 123 Å². The Bertz CT molecular complexity index is 663. The van der Waals surface area contributed by atoms with Gasteiger partial charge in [-0.1, -0.05) is 36.9 Å². The van der Waals surface area contributed by atoms with Gasteiger partial charge in [-0.05, 0) is 18.1 Å². The lowest BCUT2D eigenvalue weighted by Gasteiger charge is -2.12. The first kappa shape index (κ1) is 15.7. The highest BCUT2D eigenvalue weighted by atomic mass is 32.2. The molecule has 0 radical (unpaired) electrons. The predicted octanol–water partition coefficient (Wildman–Crippen LogP) is 3.29. The van der Waals surface area contributed by atoms with Crippen molar-refractivity contribution in [1.82, 2.24) is 14.8 Å². The van der Waals surface area contributed by atoms with Crippen LogP contribution in [-0.2, 0) is 18.5 Å². The van der Waals surface area contributed by atoms with Crippen LogP contribution in [0.15, 0.2) is 34.2 Å². The largest absolute Gasteiger partial charge is 0.416 e. The topological polar surface area (TPSA) is 50.7 Å². The van der Waals surface area contributed by atoms with Crippen molar-refractivity contribution >= 4 is 11.8 Å².